The summed E-state index contributed by atoms with van der Waals surface area (Å²) in [5.74, 6) is 0.461. The van der Waals surface area contributed by atoms with Gasteiger partial charge in [0.1, 0.15) is 5.75 Å². The Morgan fingerprint density at radius 1 is 1.15 bits per heavy atom. The van der Waals surface area contributed by atoms with E-state index in [4.69, 9.17) is 16.3 Å². The Morgan fingerprint density at radius 2 is 1.81 bits per heavy atom. The molecule has 3 nitrogen and oxygen atoms in total. The van der Waals surface area contributed by atoms with E-state index in [-0.39, 0.29) is 0 Å². The zero-order valence-electron chi connectivity index (χ0n) is 15.6. The third kappa shape index (κ3) is 4.47. The highest BCUT2D eigenvalue weighted by Gasteiger charge is 2.31. The van der Waals surface area contributed by atoms with Crippen molar-refractivity contribution in [3.63, 3.8) is 0 Å². The first-order valence-corrected chi connectivity index (χ1v) is 10.1. The molecule has 0 saturated heterocycles. The number of benzene rings is 2. The number of carboxylic acids is 1. The molecule has 0 radical (unpaired) electrons. The molecule has 2 aromatic carbocycles. The summed E-state index contributed by atoms with van der Waals surface area (Å²) in [5.41, 5.74) is 3.80. The molecule has 2 aromatic rings. The molecule has 2 fully saturated rings. The monoisotopic (exact) mass is 384 g/mol. The summed E-state index contributed by atoms with van der Waals surface area (Å²) in [6.07, 6.45) is 5.34. The van der Waals surface area contributed by atoms with Crippen molar-refractivity contribution in [3.8, 4) is 16.9 Å². The summed E-state index contributed by atoms with van der Waals surface area (Å²) in [5, 5.41) is 10.4. The van der Waals surface area contributed by atoms with Crippen LogP contribution in [0.4, 0.5) is 0 Å². The molecule has 2 aliphatic carbocycles. The van der Waals surface area contributed by atoms with Crippen molar-refractivity contribution in [3.05, 3.63) is 52.5 Å². The summed E-state index contributed by atoms with van der Waals surface area (Å²) in [7, 11) is 0. The minimum atomic E-state index is -0.771. The third-order valence-electron chi connectivity index (χ3n) is 5.56. The topological polar surface area (TPSA) is 46.5 Å². The van der Waals surface area contributed by atoms with E-state index in [0.717, 1.165) is 29.5 Å². The smallest absolute Gasteiger partial charge is 0.310 e. The highest BCUT2D eigenvalue weighted by Crippen LogP contribution is 2.43. The Kier molecular flexibility index (Phi) is 5.14. The SMILES string of the molecule is Cc1ccc(-c2cc(C(CC3CC3)C(=O)O)cc(OCC3CC3)c2Cl)cc1. The van der Waals surface area contributed by atoms with E-state index in [1.807, 2.05) is 43.3 Å². The summed E-state index contributed by atoms with van der Waals surface area (Å²) in [4.78, 5) is 12.0. The fraction of sp³-hybridized carbons (Fsp3) is 0.435. The number of hydrogen-bond donors (Lipinski definition) is 1. The number of aliphatic carboxylic acids is 1. The molecule has 0 spiro atoms. The van der Waals surface area contributed by atoms with Crippen molar-refractivity contribution >= 4 is 17.6 Å². The molecule has 142 valence electrons. The molecule has 0 bridgehead atoms. The lowest BCUT2D eigenvalue weighted by atomic mass is 9.90. The van der Waals surface area contributed by atoms with E-state index in [2.05, 4.69) is 0 Å². The molecular formula is C23H25ClO3. The maximum Gasteiger partial charge on any atom is 0.310 e. The van der Waals surface area contributed by atoms with Gasteiger partial charge in [0.2, 0.25) is 0 Å². The summed E-state index contributed by atoms with van der Waals surface area (Å²) in [6.45, 7) is 2.69. The quantitative estimate of drug-likeness (QED) is 0.600. The van der Waals surface area contributed by atoms with Crippen LogP contribution in [0.1, 0.15) is 49.1 Å². The van der Waals surface area contributed by atoms with Gasteiger partial charge in [0.25, 0.3) is 0 Å². The van der Waals surface area contributed by atoms with Crippen molar-refractivity contribution < 1.29 is 14.6 Å². The first-order valence-electron chi connectivity index (χ1n) is 9.77. The van der Waals surface area contributed by atoms with Gasteiger partial charge < -0.3 is 9.84 Å². The molecule has 2 saturated carbocycles. The van der Waals surface area contributed by atoms with Crippen LogP contribution >= 0.6 is 11.6 Å². The van der Waals surface area contributed by atoms with Crippen LogP contribution in [0, 0.1) is 18.8 Å². The fourth-order valence-electron chi connectivity index (χ4n) is 3.43. The third-order valence-corrected chi connectivity index (χ3v) is 5.95. The van der Waals surface area contributed by atoms with E-state index in [0.29, 0.717) is 35.6 Å². The van der Waals surface area contributed by atoms with Gasteiger partial charge in [-0.25, -0.2) is 0 Å². The van der Waals surface area contributed by atoms with Gasteiger partial charge in [-0.05, 0) is 61.3 Å². The van der Waals surface area contributed by atoms with Crippen LogP contribution in [0.3, 0.4) is 0 Å². The molecule has 2 aliphatic rings. The lowest BCUT2D eigenvalue weighted by Crippen LogP contribution is -2.13. The average molecular weight is 385 g/mol. The lowest BCUT2D eigenvalue weighted by Gasteiger charge is -2.18. The lowest BCUT2D eigenvalue weighted by molar-refractivity contribution is -0.139. The van der Waals surface area contributed by atoms with E-state index >= 15 is 0 Å². The Bertz CT molecular complexity index is 835. The highest BCUT2D eigenvalue weighted by atomic mass is 35.5. The second-order valence-electron chi connectivity index (χ2n) is 8.07. The van der Waals surface area contributed by atoms with E-state index in [9.17, 15) is 9.90 Å². The molecule has 0 aromatic heterocycles. The predicted molar refractivity (Wildman–Crippen MR) is 108 cm³/mol. The van der Waals surface area contributed by atoms with Crippen LogP contribution in [-0.4, -0.2) is 17.7 Å². The largest absolute Gasteiger partial charge is 0.492 e. The van der Waals surface area contributed by atoms with Crippen LogP contribution in [0.15, 0.2) is 36.4 Å². The fourth-order valence-corrected chi connectivity index (χ4v) is 3.70. The number of carbonyl (C=O) groups is 1. The molecule has 0 aliphatic heterocycles. The standard InChI is InChI=1S/C23H25ClO3/c1-14-2-8-17(9-3-14)19-11-18(20(23(25)26)10-15-4-5-15)12-21(22(19)24)27-13-16-6-7-16/h2-3,8-9,11-12,15-16,20H,4-7,10,13H2,1H3,(H,25,26). The normalized spacial score (nSPS) is 17.6. The molecule has 1 atom stereocenters. The highest BCUT2D eigenvalue weighted by molar-refractivity contribution is 6.34. The van der Waals surface area contributed by atoms with Crippen molar-refractivity contribution in [1.29, 1.82) is 0 Å². The molecule has 1 unspecified atom stereocenters. The van der Waals surface area contributed by atoms with Crippen molar-refractivity contribution in [2.24, 2.45) is 11.8 Å². The first-order chi connectivity index (χ1) is 13.0. The van der Waals surface area contributed by atoms with Crippen LogP contribution in [0.25, 0.3) is 11.1 Å². The van der Waals surface area contributed by atoms with E-state index < -0.39 is 11.9 Å². The van der Waals surface area contributed by atoms with Crippen molar-refractivity contribution in [2.45, 2.75) is 44.9 Å². The van der Waals surface area contributed by atoms with Gasteiger partial charge in [0, 0.05) is 5.56 Å². The Labute approximate surface area is 165 Å². The molecule has 1 N–H and O–H groups in total. The zero-order valence-corrected chi connectivity index (χ0v) is 16.3. The van der Waals surface area contributed by atoms with Gasteiger partial charge in [-0.2, -0.15) is 0 Å². The van der Waals surface area contributed by atoms with Gasteiger partial charge in [-0.15, -0.1) is 0 Å². The maximum atomic E-state index is 12.0. The van der Waals surface area contributed by atoms with Gasteiger partial charge >= 0.3 is 5.97 Å². The first kappa shape index (κ1) is 18.4. The summed E-state index contributed by atoms with van der Waals surface area (Å²) >= 11 is 6.69. The summed E-state index contributed by atoms with van der Waals surface area (Å²) in [6, 6.07) is 11.9. The second kappa shape index (κ2) is 7.55. The minimum Gasteiger partial charge on any atom is -0.492 e. The Morgan fingerprint density at radius 3 is 2.41 bits per heavy atom. The van der Waals surface area contributed by atoms with Crippen LogP contribution in [-0.2, 0) is 4.79 Å². The van der Waals surface area contributed by atoms with Gasteiger partial charge in [0.15, 0.2) is 0 Å². The van der Waals surface area contributed by atoms with E-state index in [1.54, 1.807) is 0 Å². The maximum absolute atomic E-state index is 12.0. The van der Waals surface area contributed by atoms with Crippen LogP contribution in [0.2, 0.25) is 5.02 Å². The van der Waals surface area contributed by atoms with Crippen LogP contribution in [0.5, 0.6) is 5.75 Å². The van der Waals surface area contributed by atoms with Gasteiger partial charge in [-0.3, -0.25) is 4.79 Å². The molecule has 0 amide bonds. The van der Waals surface area contributed by atoms with E-state index in [1.165, 1.54) is 18.4 Å². The Balaban J connectivity index is 1.74. The molecule has 0 heterocycles. The van der Waals surface area contributed by atoms with Gasteiger partial charge in [0.05, 0.1) is 17.5 Å². The minimum absolute atomic E-state index is 0.512. The molecule has 27 heavy (non-hydrogen) atoms. The summed E-state index contributed by atoms with van der Waals surface area (Å²) < 4.78 is 6.01. The van der Waals surface area contributed by atoms with Crippen LogP contribution < -0.4 is 4.74 Å². The number of hydrogen-bond acceptors (Lipinski definition) is 2. The zero-order chi connectivity index (χ0) is 19.0. The number of aryl methyl sites for hydroxylation is 1. The number of ether oxygens (including phenoxy) is 1. The Hall–Kier alpha value is -2.00. The number of rotatable bonds is 8. The van der Waals surface area contributed by atoms with Gasteiger partial charge in [-0.1, -0.05) is 54.3 Å². The number of halogens is 1. The second-order valence-corrected chi connectivity index (χ2v) is 8.45. The molecule has 4 rings (SSSR count). The van der Waals surface area contributed by atoms with Crippen molar-refractivity contribution in [1.82, 2.24) is 0 Å². The molecular weight excluding hydrogens is 360 g/mol. The van der Waals surface area contributed by atoms with Crippen molar-refractivity contribution in [2.75, 3.05) is 6.61 Å². The average Bonchev–Trinajstić information content (AvgIpc) is 3.54. The number of carboxylic acid groups (broad SMARTS) is 1. The molecule has 4 heteroatoms. The predicted octanol–water partition coefficient (Wildman–Crippen LogP) is 6.07.